The Bertz CT molecular complexity index is 790. The molecule has 1 atom stereocenters. The fourth-order valence-electron chi connectivity index (χ4n) is 2.69. The lowest BCUT2D eigenvalue weighted by Crippen LogP contribution is -2.33. The lowest BCUT2D eigenvalue weighted by atomic mass is 9.96. The van der Waals surface area contributed by atoms with Crippen LogP contribution < -0.4 is 9.47 Å². The monoisotopic (exact) mass is 396 g/mol. The number of rotatable bonds is 7. The fraction of sp³-hybridized carbons (Fsp3) is 0.471. The first-order chi connectivity index (χ1) is 13.2. The highest BCUT2D eigenvalue weighted by Gasteiger charge is 2.36. The third-order valence-corrected chi connectivity index (χ3v) is 4.04. The molecule has 2 amide bonds. The van der Waals surface area contributed by atoms with Crippen molar-refractivity contribution in [1.29, 1.82) is 0 Å². The maximum Gasteiger partial charge on any atom is 0.534 e. The van der Waals surface area contributed by atoms with E-state index in [0.717, 1.165) is 6.07 Å². The first-order valence-electron chi connectivity index (χ1n) is 8.34. The minimum Gasteiger partial charge on any atom is -0.493 e. The average molecular weight is 396 g/mol. The summed E-state index contributed by atoms with van der Waals surface area (Å²) in [6, 6.07) is 2.49. The number of nitro benzene ring substituents is 1. The van der Waals surface area contributed by atoms with E-state index in [-0.39, 0.29) is 35.6 Å². The van der Waals surface area contributed by atoms with Crippen LogP contribution in [0.1, 0.15) is 38.4 Å². The Morgan fingerprint density at radius 1 is 1.11 bits per heavy atom. The summed E-state index contributed by atoms with van der Waals surface area (Å²) in [5.41, 5.74) is -0.300. The molecule has 0 N–H and O–H groups in total. The molecular formula is C17H20N2O9. The van der Waals surface area contributed by atoms with E-state index in [2.05, 4.69) is 4.84 Å². The third kappa shape index (κ3) is 4.30. The van der Waals surface area contributed by atoms with Gasteiger partial charge in [0.2, 0.25) is 0 Å². The average Bonchev–Trinajstić information content (AvgIpc) is 2.96. The van der Waals surface area contributed by atoms with Crippen molar-refractivity contribution in [3.8, 4) is 11.5 Å². The predicted molar refractivity (Wildman–Crippen MR) is 92.4 cm³/mol. The standard InChI is InChI=1S/C17H20N2O9/c1-9(2)16(27-17(22)28-18-14(20)5-6-15(18)21)10-7-12(25-3)13(26-4)8-11(10)19(23)24/h7-9,16H,5-6H2,1-4H3. The molecular weight excluding hydrogens is 376 g/mol. The quantitative estimate of drug-likeness (QED) is 0.295. The van der Waals surface area contributed by atoms with Gasteiger partial charge in [-0.05, 0) is 12.0 Å². The van der Waals surface area contributed by atoms with Gasteiger partial charge in [-0.2, -0.15) is 0 Å². The summed E-state index contributed by atoms with van der Waals surface area (Å²) in [5, 5.41) is 11.8. The molecule has 1 aliphatic rings. The van der Waals surface area contributed by atoms with Crippen molar-refractivity contribution in [3.05, 3.63) is 27.8 Å². The van der Waals surface area contributed by atoms with Gasteiger partial charge in [0.15, 0.2) is 11.5 Å². The van der Waals surface area contributed by atoms with Crippen molar-refractivity contribution in [2.24, 2.45) is 5.92 Å². The number of amides is 2. The first-order valence-corrected chi connectivity index (χ1v) is 8.34. The Morgan fingerprint density at radius 2 is 1.64 bits per heavy atom. The lowest BCUT2D eigenvalue weighted by molar-refractivity contribution is -0.386. The summed E-state index contributed by atoms with van der Waals surface area (Å²) in [6.45, 7) is 3.34. The number of ether oxygens (including phenoxy) is 3. The molecule has 1 aliphatic heterocycles. The zero-order chi connectivity index (χ0) is 21.0. The van der Waals surface area contributed by atoms with Gasteiger partial charge in [0.25, 0.3) is 17.5 Å². The predicted octanol–water partition coefficient (Wildman–Crippen LogP) is 2.53. The van der Waals surface area contributed by atoms with Crippen LogP contribution in [0.15, 0.2) is 12.1 Å². The third-order valence-electron chi connectivity index (χ3n) is 4.04. The second kappa shape index (κ2) is 8.55. The SMILES string of the molecule is COc1cc(C(OC(=O)ON2C(=O)CCC2=O)C(C)C)c([N+](=O)[O-])cc1OC. The van der Waals surface area contributed by atoms with Crippen LogP contribution in [0.2, 0.25) is 0 Å². The van der Waals surface area contributed by atoms with Crippen LogP contribution >= 0.6 is 0 Å². The number of methoxy groups -OCH3 is 2. The van der Waals surface area contributed by atoms with Crippen LogP contribution in [0.4, 0.5) is 10.5 Å². The maximum atomic E-state index is 12.1. The zero-order valence-electron chi connectivity index (χ0n) is 15.8. The normalized spacial score (nSPS) is 14.8. The molecule has 0 aliphatic carbocycles. The van der Waals surface area contributed by atoms with Gasteiger partial charge in [-0.25, -0.2) is 4.79 Å². The van der Waals surface area contributed by atoms with E-state index in [4.69, 9.17) is 14.2 Å². The minimum atomic E-state index is -1.33. The van der Waals surface area contributed by atoms with E-state index in [1.54, 1.807) is 13.8 Å². The molecule has 1 fully saturated rings. The van der Waals surface area contributed by atoms with E-state index in [1.807, 2.05) is 0 Å². The first kappa shape index (κ1) is 20.9. The molecule has 11 nitrogen and oxygen atoms in total. The van der Waals surface area contributed by atoms with E-state index in [0.29, 0.717) is 5.06 Å². The van der Waals surface area contributed by atoms with Gasteiger partial charge in [-0.3, -0.25) is 24.5 Å². The minimum absolute atomic E-state index is 0.0497. The van der Waals surface area contributed by atoms with Crippen molar-refractivity contribution in [2.75, 3.05) is 14.2 Å². The van der Waals surface area contributed by atoms with Crippen LogP contribution in [-0.2, 0) is 19.2 Å². The molecule has 28 heavy (non-hydrogen) atoms. The van der Waals surface area contributed by atoms with Crippen molar-refractivity contribution in [2.45, 2.75) is 32.8 Å². The number of benzene rings is 1. The summed E-state index contributed by atoms with van der Waals surface area (Å²) in [5.74, 6) is -1.40. The second-order valence-corrected chi connectivity index (χ2v) is 6.23. The molecule has 11 heteroatoms. The summed E-state index contributed by atoms with van der Waals surface area (Å²) in [7, 11) is 2.69. The maximum absolute atomic E-state index is 12.1. The number of carbonyl (C=O) groups excluding carboxylic acids is 3. The zero-order valence-corrected chi connectivity index (χ0v) is 15.8. The number of imide groups is 1. The summed E-state index contributed by atoms with van der Waals surface area (Å²) < 4.78 is 15.4. The molecule has 0 spiro atoms. The molecule has 2 rings (SSSR count). The van der Waals surface area contributed by atoms with Gasteiger partial charge in [0.05, 0.1) is 30.8 Å². The molecule has 1 aromatic carbocycles. The second-order valence-electron chi connectivity index (χ2n) is 6.23. The van der Waals surface area contributed by atoms with Gasteiger partial charge >= 0.3 is 6.16 Å². The van der Waals surface area contributed by atoms with Gasteiger partial charge in [0.1, 0.15) is 6.10 Å². The molecule has 0 radical (unpaired) electrons. The molecule has 1 unspecified atom stereocenters. The number of hydroxylamine groups is 2. The number of hydrogen-bond donors (Lipinski definition) is 0. The molecule has 0 aromatic heterocycles. The summed E-state index contributed by atoms with van der Waals surface area (Å²) >= 11 is 0. The highest BCUT2D eigenvalue weighted by Crippen LogP contribution is 2.40. The molecule has 1 heterocycles. The largest absolute Gasteiger partial charge is 0.534 e. The van der Waals surface area contributed by atoms with Crippen LogP contribution in [0.25, 0.3) is 0 Å². The number of nitrogens with zero attached hydrogens (tertiary/aromatic N) is 2. The summed E-state index contributed by atoms with van der Waals surface area (Å²) in [4.78, 5) is 50.8. The fourth-order valence-corrected chi connectivity index (χ4v) is 2.69. The molecule has 0 bridgehead atoms. The Labute approximate surface area is 160 Å². The van der Waals surface area contributed by atoms with Crippen LogP contribution in [0.5, 0.6) is 11.5 Å². The Balaban J connectivity index is 2.35. The van der Waals surface area contributed by atoms with E-state index in [9.17, 15) is 24.5 Å². The number of carbonyl (C=O) groups is 3. The highest BCUT2D eigenvalue weighted by molar-refractivity contribution is 6.01. The highest BCUT2D eigenvalue weighted by atomic mass is 16.8. The number of nitro groups is 1. The summed E-state index contributed by atoms with van der Waals surface area (Å²) in [6.07, 6.45) is -2.58. The van der Waals surface area contributed by atoms with Crippen LogP contribution in [-0.4, -0.2) is 42.2 Å². The van der Waals surface area contributed by atoms with Gasteiger partial charge in [-0.15, -0.1) is 0 Å². The Hall–Kier alpha value is -3.37. The van der Waals surface area contributed by atoms with Crippen LogP contribution in [0.3, 0.4) is 0 Å². The van der Waals surface area contributed by atoms with E-state index >= 15 is 0 Å². The van der Waals surface area contributed by atoms with Crippen molar-refractivity contribution >= 4 is 23.7 Å². The van der Waals surface area contributed by atoms with E-state index in [1.165, 1.54) is 20.3 Å². The van der Waals surface area contributed by atoms with Crippen molar-refractivity contribution in [1.82, 2.24) is 5.06 Å². The lowest BCUT2D eigenvalue weighted by Gasteiger charge is -2.23. The van der Waals surface area contributed by atoms with Gasteiger partial charge in [0, 0.05) is 12.8 Å². The van der Waals surface area contributed by atoms with Crippen LogP contribution in [0, 0.1) is 16.0 Å². The molecule has 1 saturated heterocycles. The number of hydrogen-bond acceptors (Lipinski definition) is 9. The van der Waals surface area contributed by atoms with E-state index < -0.39 is 34.9 Å². The Kier molecular flexibility index (Phi) is 6.39. The smallest absolute Gasteiger partial charge is 0.493 e. The Morgan fingerprint density at radius 3 is 2.11 bits per heavy atom. The molecule has 1 aromatic rings. The van der Waals surface area contributed by atoms with Crippen molar-refractivity contribution in [3.63, 3.8) is 0 Å². The van der Waals surface area contributed by atoms with Gasteiger partial charge < -0.3 is 14.2 Å². The van der Waals surface area contributed by atoms with Gasteiger partial charge in [-0.1, -0.05) is 18.9 Å². The molecule has 152 valence electrons. The topological polar surface area (TPSA) is 135 Å². The van der Waals surface area contributed by atoms with Crippen molar-refractivity contribution < 1.29 is 38.4 Å². The molecule has 0 saturated carbocycles.